The number of fused-ring (bicyclic) bond motifs is 5. The molecule has 0 atom stereocenters. The Morgan fingerprint density at radius 2 is 0.870 bits per heavy atom. The highest BCUT2D eigenvalue weighted by Gasteiger charge is 2.42. The van der Waals surface area contributed by atoms with Gasteiger partial charge in [0.25, 0.3) is 0 Å². The number of para-hydroxylation sites is 2. The first kappa shape index (κ1) is 32.4. The number of benzene rings is 8. The van der Waals surface area contributed by atoms with E-state index in [1.54, 1.807) is 0 Å². The lowest BCUT2D eigenvalue weighted by molar-refractivity contribution is 0.895. The van der Waals surface area contributed by atoms with Crippen LogP contribution in [0.5, 0.6) is 0 Å². The summed E-state index contributed by atoms with van der Waals surface area (Å²) >= 11 is 1.82. The fourth-order valence-electron chi connectivity index (χ4n) is 8.32. The minimum absolute atomic E-state index is 0.896. The number of aromatic nitrogens is 2. The fourth-order valence-corrected chi connectivity index (χ4v) is 14.2. The summed E-state index contributed by atoms with van der Waals surface area (Å²) in [4.78, 5) is 4.94. The van der Waals surface area contributed by atoms with Crippen LogP contribution in [0.4, 0.5) is 0 Å². The molecule has 0 fully saturated rings. The van der Waals surface area contributed by atoms with Gasteiger partial charge in [-0.2, -0.15) is 0 Å². The molecule has 0 saturated heterocycles. The largest absolute Gasteiger partial charge is 0.287 e. The van der Waals surface area contributed by atoms with Gasteiger partial charge in [0, 0.05) is 5.75 Å². The molecule has 0 bridgehead atoms. The van der Waals surface area contributed by atoms with Crippen molar-refractivity contribution in [3.05, 3.63) is 212 Å². The molecule has 0 amide bonds. The van der Waals surface area contributed by atoms with Gasteiger partial charge in [0.05, 0.1) is 16.7 Å². The molecule has 1 aliphatic heterocycles. The van der Waals surface area contributed by atoms with Crippen molar-refractivity contribution in [3.8, 4) is 39.1 Å². The van der Waals surface area contributed by atoms with Gasteiger partial charge >= 0.3 is 0 Å². The molecule has 2 heterocycles. The van der Waals surface area contributed by atoms with Crippen LogP contribution in [0.1, 0.15) is 5.56 Å². The second-order valence-corrected chi connectivity index (χ2v) is 18.7. The molecule has 1 aromatic heterocycles. The van der Waals surface area contributed by atoms with Crippen molar-refractivity contribution in [1.29, 1.82) is 0 Å². The van der Waals surface area contributed by atoms with E-state index in [0.717, 1.165) is 21.9 Å². The summed E-state index contributed by atoms with van der Waals surface area (Å²) in [6.45, 7) is 0. The number of hydrogen-bond donors (Lipinski definition) is 0. The number of thioether (sulfide) groups is 1. The topological polar surface area (TPSA) is 17.8 Å². The molecule has 0 N–H and O–H groups in total. The van der Waals surface area contributed by atoms with E-state index in [4.69, 9.17) is 4.98 Å². The number of imidazole rings is 1. The zero-order chi connectivity index (χ0) is 35.9. The molecule has 2 nitrogen and oxygen atoms in total. The van der Waals surface area contributed by atoms with Gasteiger partial charge in [-0.05, 0) is 84.0 Å². The summed E-state index contributed by atoms with van der Waals surface area (Å²) in [5.74, 6) is 0.896. The highest BCUT2D eigenvalue weighted by molar-refractivity contribution is 7.98. The van der Waals surface area contributed by atoms with Crippen molar-refractivity contribution in [2.24, 2.45) is 0 Å². The first-order valence-corrected chi connectivity index (χ1v) is 21.5. The first-order chi connectivity index (χ1) is 26.8. The monoisotopic (exact) mass is 724 g/mol. The molecule has 0 aliphatic carbocycles. The minimum atomic E-state index is -2.91. The molecule has 256 valence electrons. The van der Waals surface area contributed by atoms with Crippen molar-refractivity contribution < 1.29 is 0 Å². The van der Waals surface area contributed by atoms with Gasteiger partial charge in [0.15, 0.2) is 13.2 Å². The second kappa shape index (κ2) is 13.6. The van der Waals surface area contributed by atoms with Crippen LogP contribution in [0.15, 0.2) is 211 Å². The van der Waals surface area contributed by atoms with Crippen LogP contribution in [-0.4, -0.2) is 17.6 Å². The average molecular weight is 725 g/mol. The van der Waals surface area contributed by atoms with Crippen molar-refractivity contribution in [3.63, 3.8) is 0 Å². The summed E-state index contributed by atoms with van der Waals surface area (Å²) in [5.41, 5.74) is 12.1. The van der Waals surface area contributed by atoms with E-state index >= 15 is 0 Å². The summed E-state index contributed by atoms with van der Waals surface area (Å²) in [5, 5.41) is 6.50. The molecule has 4 heteroatoms. The lowest BCUT2D eigenvalue weighted by atomic mass is 10.0. The Balaban J connectivity index is 1.19. The van der Waals surface area contributed by atoms with Gasteiger partial charge in [-0.1, -0.05) is 194 Å². The summed E-state index contributed by atoms with van der Waals surface area (Å²) in [6.07, 6.45) is 0. The van der Waals surface area contributed by atoms with E-state index in [0.29, 0.717) is 0 Å². The van der Waals surface area contributed by atoms with Crippen LogP contribution in [0.2, 0.25) is 0 Å². The van der Waals surface area contributed by atoms with Gasteiger partial charge in [-0.25, -0.2) is 4.98 Å². The van der Waals surface area contributed by atoms with Crippen LogP contribution < -0.4 is 20.7 Å². The quantitative estimate of drug-likeness (QED) is 0.120. The SMILES string of the molecule is c1ccc(-c2cccc([Si](c3ccccc3)(c3cccc(-c4ccccc4)c3)c3cccc(-c4ccc5c(c4)CSc4nc6ccccc6n4-5)c3)c2)cc1. The van der Waals surface area contributed by atoms with Crippen LogP contribution in [0, 0.1) is 0 Å². The minimum Gasteiger partial charge on any atom is -0.287 e. The molecule has 1 aliphatic rings. The van der Waals surface area contributed by atoms with Crippen LogP contribution in [0.25, 0.3) is 50.1 Å². The van der Waals surface area contributed by atoms with Gasteiger partial charge in [0.2, 0.25) is 0 Å². The van der Waals surface area contributed by atoms with Crippen molar-refractivity contribution in [1.82, 2.24) is 9.55 Å². The third-order valence-electron chi connectivity index (χ3n) is 10.8. The van der Waals surface area contributed by atoms with Crippen molar-refractivity contribution >= 4 is 51.6 Å². The maximum Gasteiger partial charge on any atom is 0.179 e. The standard InChI is InChI=1S/C50H36N2SSi/c1-4-15-36(16-5-1)38-19-12-24-44(32-38)54(43-22-8-3-9-23-43,45-25-13-20-39(33-45)37-17-6-2-7-18-37)46-26-14-21-40(34-46)41-29-30-48-42(31-41)35-53-50-51-47-27-10-11-28-49(47)52(48)50/h1-34H,35H2. The van der Waals surface area contributed by atoms with Gasteiger partial charge < -0.3 is 0 Å². The molecule has 10 rings (SSSR count). The van der Waals surface area contributed by atoms with Crippen LogP contribution in [-0.2, 0) is 5.75 Å². The van der Waals surface area contributed by atoms with E-state index in [9.17, 15) is 0 Å². The zero-order valence-corrected chi connectivity index (χ0v) is 31.5. The molecule has 9 aromatic rings. The summed E-state index contributed by atoms with van der Waals surface area (Å²) in [6, 6.07) is 76.3. The highest BCUT2D eigenvalue weighted by Crippen LogP contribution is 2.38. The number of hydrogen-bond acceptors (Lipinski definition) is 2. The number of nitrogens with zero attached hydrogens (tertiary/aromatic N) is 2. The Morgan fingerprint density at radius 1 is 0.407 bits per heavy atom. The molecular formula is C50H36N2SSi. The Kier molecular flexibility index (Phi) is 8.20. The summed E-state index contributed by atoms with van der Waals surface area (Å²) < 4.78 is 2.33. The van der Waals surface area contributed by atoms with E-state index in [1.165, 1.54) is 65.4 Å². The normalized spacial score (nSPS) is 12.3. The molecular weight excluding hydrogens is 689 g/mol. The lowest BCUT2D eigenvalue weighted by Gasteiger charge is -2.35. The Hall–Kier alpha value is -6.20. The van der Waals surface area contributed by atoms with E-state index in [-0.39, 0.29) is 0 Å². The maximum atomic E-state index is 4.94. The van der Waals surface area contributed by atoms with Crippen molar-refractivity contribution in [2.45, 2.75) is 10.9 Å². The number of rotatable bonds is 7. The van der Waals surface area contributed by atoms with Crippen LogP contribution >= 0.6 is 11.8 Å². The molecule has 8 aromatic carbocycles. The van der Waals surface area contributed by atoms with Crippen LogP contribution in [0.3, 0.4) is 0 Å². The smallest absolute Gasteiger partial charge is 0.179 e. The predicted octanol–water partition coefficient (Wildman–Crippen LogP) is 10.0. The molecule has 0 radical (unpaired) electrons. The second-order valence-electron chi connectivity index (χ2n) is 13.9. The molecule has 0 saturated carbocycles. The lowest BCUT2D eigenvalue weighted by Crippen LogP contribution is -2.74. The fraction of sp³-hybridized carbons (Fsp3) is 0.0200. The Morgan fingerprint density at radius 3 is 1.46 bits per heavy atom. The highest BCUT2D eigenvalue weighted by atomic mass is 32.2. The molecule has 54 heavy (non-hydrogen) atoms. The zero-order valence-electron chi connectivity index (χ0n) is 29.6. The van der Waals surface area contributed by atoms with Gasteiger partial charge in [0.1, 0.15) is 0 Å². The van der Waals surface area contributed by atoms with Gasteiger partial charge in [-0.3, -0.25) is 4.57 Å². The summed E-state index contributed by atoms with van der Waals surface area (Å²) in [7, 11) is -2.91. The van der Waals surface area contributed by atoms with Crippen molar-refractivity contribution in [2.75, 3.05) is 0 Å². The molecule has 0 unspecified atom stereocenters. The van der Waals surface area contributed by atoms with E-state index < -0.39 is 8.07 Å². The maximum absolute atomic E-state index is 4.94. The predicted molar refractivity (Wildman–Crippen MR) is 231 cm³/mol. The Labute approximate surface area is 321 Å². The van der Waals surface area contributed by atoms with E-state index in [1.807, 2.05) is 11.8 Å². The molecule has 0 spiro atoms. The average Bonchev–Trinajstić information content (AvgIpc) is 3.65. The third-order valence-corrected chi connectivity index (χ3v) is 16.6. The first-order valence-electron chi connectivity index (χ1n) is 18.5. The third kappa shape index (κ3) is 5.54. The Bertz CT molecular complexity index is 2690. The van der Waals surface area contributed by atoms with E-state index in [2.05, 4.69) is 211 Å². The van der Waals surface area contributed by atoms with Gasteiger partial charge in [-0.15, -0.1) is 0 Å².